The van der Waals surface area contributed by atoms with Gasteiger partial charge >= 0.3 is 5.97 Å². The molecule has 5 nitrogen and oxygen atoms in total. The zero-order chi connectivity index (χ0) is 18.4. The summed E-state index contributed by atoms with van der Waals surface area (Å²) in [5, 5.41) is 6.09. The van der Waals surface area contributed by atoms with Crippen LogP contribution >= 0.6 is 11.6 Å². The lowest BCUT2D eigenvalue weighted by atomic mass is 10.0. The molecule has 0 unspecified atom stereocenters. The maximum atomic E-state index is 12.1. The Morgan fingerprint density at radius 3 is 2.40 bits per heavy atom. The highest BCUT2D eigenvalue weighted by Crippen LogP contribution is 2.23. The van der Waals surface area contributed by atoms with Crippen LogP contribution in [0.1, 0.15) is 35.7 Å². The maximum Gasteiger partial charge on any atom is 0.337 e. The van der Waals surface area contributed by atoms with Gasteiger partial charge < -0.3 is 15.4 Å². The van der Waals surface area contributed by atoms with Crippen LogP contribution in [0.5, 0.6) is 0 Å². The van der Waals surface area contributed by atoms with E-state index in [0.717, 1.165) is 5.69 Å². The van der Waals surface area contributed by atoms with E-state index in [0.29, 0.717) is 22.2 Å². The lowest BCUT2D eigenvalue weighted by molar-refractivity contribution is -0.114. The normalized spacial score (nSPS) is 10.4. The van der Waals surface area contributed by atoms with Gasteiger partial charge in [0.1, 0.15) is 0 Å². The van der Waals surface area contributed by atoms with E-state index >= 15 is 0 Å². The monoisotopic (exact) mass is 360 g/mol. The van der Waals surface area contributed by atoms with Gasteiger partial charge in [0.15, 0.2) is 0 Å². The molecule has 0 spiro atoms. The Bertz CT molecular complexity index is 758. The molecule has 0 aliphatic carbocycles. The molecule has 6 heteroatoms. The summed E-state index contributed by atoms with van der Waals surface area (Å²) >= 11 is 6.07. The minimum Gasteiger partial charge on any atom is -0.465 e. The number of methoxy groups -OCH3 is 1. The molecule has 0 fully saturated rings. The first kappa shape index (κ1) is 18.8. The van der Waals surface area contributed by atoms with Crippen LogP contribution in [-0.4, -0.2) is 25.5 Å². The van der Waals surface area contributed by atoms with Crippen LogP contribution in [0.4, 0.5) is 11.4 Å². The summed E-state index contributed by atoms with van der Waals surface area (Å²) in [7, 11) is 1.30. The Morgan fingerprint density at radius 1 is 1.12 bits per heavy atom. The third-order valence-corrected chi connectivity index (χ3v) is 4.02. The Balaban J connectivity index is 1.97. The molecule has 0 aliphatic heterocycles. The Hall–Kier alpha value is -2.53. The number of carbonyl (C=O) groups is 2. The molecule has 25 heavy (non-hydrogen) atoms. The molecule has 0 aliphatic rings. The lowest BCUT2D eigenvalue weighted by Crippen LogP contribution is -2.22. The number of nitrogens with one attached hydrogen (secondary N) is 2. The predicted octanol–water partition coefficient (Wildman–Crippen LogP) is 4.30. The fraction of sp³-hybridized carbons (Fsp3) is 0.263. The standard InChI is InChI=1S/C19H21ClN2O3/c1-12(2)13-4-7-15(8-5-13)21-11-18(23)22-17-10-14(19(24)25-3)6-9-16(17)20/h4-10,12,21H,11H2,1-3H3,(H,22,23). The van der Waals surface area contributed by atoms with Crippen LogP contribution in [0.3, 0.4) is 0 Å². The second-order valence-corrected chi connectivity index (χ2v) is 6.27. The summed E-state index contributed by atoms with van der Waals surface area (Å²) in [6.07, 6.45) is 0. The van der Waals surface area contributed by atoms with Gasteiger partial charge in [-0.15, -0.1) is 0 Å². The molecule has 2 N–H and O–H groups in total. The molecule has 0 atom stereocenters. The van der Waals surface area contributed by atoms with Crippen molar-refractivity contribution >= 4 is 34.9 Å². The van der Waals surface area contributed by atoms with Crippen LogP contribution in [0, 0.1) is 0 Å². The highest BCUT2D eigenvalue weighted by molar-refractivity contribution is 6.33. The maximum absolute atomic E-state index is 12.1. The number of anilines is 2. The molecule has 0 saturated carbocycles. The fourth-order valence-corrected chi connectivity index (χ4v) is 2.39. The number of esters is 1. The molecule has 1 amide bonds. The van der Waals surface area contributed by atoms with E-state index in [1.165, 1.54) is 18.7 Å². The van der Waals surface area contributed by atoms with Gasteiger partial charge in [0.25, 0.3) is 0 Å². The van der Waals surface area contributed by atoms with Crippen LogP contribution in [0.2, 0.25) is 5.02 Å². The summed E-state index contributed by atoms with van der Waals surface area (Å²) in [6, 6.07) is 12.5. The molecule has 0 aromatic heterocycles. The first-order valence-corrected chi connectivity index (χ1v) is 8.30. The summed E-state index contributed by atoms with van der Waals surface area (Å²) < 4.78 is 4.66. The molecule has 2 rings (SSSR count). The predicted molar refractivity (Wildman–Crippen MR) is 100 cm³/mol. The van der Waals surface area contributed by atoms with Crippen molar-refractivity contribution in [2.75, 3.05) is 24.3 Å². The Kier molecular flexibility index (Phi) is 6.42. The van der Waals surface area contributed by atoms with Crippen LogP contribution in [0.15, 0.2) is 42.5 Å². The van der Waals surface area contributed by atoms with Gasteiger partial charge in [-0.05, 0) is 41.8 Å². The van der Waals surface area contributed by atoms with Crippen LogP contribution < -0.4 is 10.6 Å². The number of ether oxygens (including phenoxy) is 1. The van der Waals surface area contributed by atoms with E-state index in [1.54, 1.807) is 12.1 Å². The number of benzene rings is 2. The Labute approximate surface area is 152 Å². The fourth-order valence-electron chi connectivity index (χ4n) is 2.23. The third-order valence-electron chi connectivity index (χ3n) is 3.69. The summed E-state index contributed by atoms with van der Waals surface area (Å²) in [6.45, 7) is 4.34. The quantitative estimate of drug-likeness (QED) is 0.753. The number of hydrogen-bond acceptors (Lipinski definition) is 4. The van der Waals surface area contributed by atoms with E-state index in [-0.39, 0.29) is 12.5 Å². The molecule has 132 valence electrons. The highest BCUT2D eigenvalue weighted by atomic mass is 35.5. The molecule has 0 radical (unpaired) electrons. The van der Waals surface area contributed by atoms with E-state index in [4.69, 9.17) is 11.6 Å². The Morgan fingerprint density at radius 2 is 1.80 bits per heavy atom. The first-order valence-electron chi connectivity index (χ1n) is 7.92. The lowest BCUT2D eigenvalue weighted by Gasteiger charge is -2.11. The summed E-state index contributed by atoms with van der Waals surface area (Å²) in [5.41, 5.74) is 2.78. The second-order valence-electron chi connectivity index (χ2n) is 5.86. The van der Waals surface area contributed by atoms with Crippen molar-refractivity contribution in [2.24, 2.45) is 0 Å². The van der Waals surface area contributed by atoms with Gasteiger partial charge in [0, 0.05) is 5.69 Å². The largest absolute Gasteiger partial charge is 0.465 e. The van der Waals surface area contributed by atoms with Gasteiger partial charge in [0.05, 0.1) is 29.9 Å². The average molecular weight is 361 g/mol. The molecule has 0 saturated heterocycles. The summed E-state index contributed by atoms with van der Waals surface area (Å²) in [5.74, 6) is -0.297. The number of rotatable bonds is 6. The molecule has 2 aromatic carbocycles. The minimum absolute atomic E-state index is 0.0831. The first-order chi connectivity index (χ1) is 11.9. The van der Waals surface area contributed by atoms with Crippen molar-refractivity contribution < 1.29 is 14.3 Å². The van der Waals surface area contributed by atoms with Crippen molar-refractivity contribution in [2.45, 2.75) is 19.8 Å². The van der Waals surface area contributed by atoms with E-state index in [9.17, 15) is 9.59 Å². The molecule has 0 heterocycles. The zero-order valence-electron chi connectivity index (χ0n) is 14.4. The highest BCUT2D eigenvalue weighted by Gasteiger charge is 2.11. The molecular formula is C19H21ClN2O3. The zero-order valence-corrected chi connectivity index (χ0v) is 15.2. The molecular weight excluding hydrogens is 340 g/mol. The van der Waals surface area contributed by atoms with Gasteiger partial charge in [-0.25, -0.2) is 4.79 Å². The topological polar surface area (TPSA) is 67.4 Å². The van der Waals surface area contributed by atoms with Crippen molar-refractivity contribution in [3.8, 4) is 0 Å². The number of halogens is 1. The van der Waals surface area contributed by atoms with Gasteiger partial charge in [-0.3, -0.25) is 4.79 Å². The third kappa shape index (κ3) is 5.22. The number of carbonyl (C=O) groups excluding carboxylic acids is 2. The second kappa shape index (κ2) is 8.53. The van der Waals surface area contributed by atoms with Crippen molar-refractivity contribution in [3.63, 3.8) is 0 Å². The minimum atomic E-state index is -0.490. The van der Waals surface area contributed by atoms with E-state index in [2.05, 4.69) is 29.2 Å². The molecule has 0 bridgehead atoms. The molecule has 2 aromatic rings. The van der Waals surface area contributed by atoms with E-state index < -0.39 is 5.97 Å². The number of hydrogen-bond donors (Lipinski definition) is 2. The van der Waals surface area contributed by atoms with Gasteiger partial charge in [0.2, 0.25) is 5.91 Å². The smallest absolute Gasteiger partial charge is 0.337 e. The van der Waals surface area contributed by atoms with Gasteiger partial charge in [-0.1, -0.05) is 37.6 Å². The average Bonchev–Trinajstić information content (AvgIpc) is 2.61. The number of amides is 1. The van der Waals surface area contributed by atoms with Crippen molar-refractivity contribution in [1.82, 2.24) is 0 Å². The van der Waals surface area contributed by atoms with Gasteiger partial charge in [-0.2, -0.15) is 0 Å². The van der Waals surface area contributed by atoms with Crippen LogP contribution in [0.25, 0.3) is 0 Å². The SMILES string of the molecule is COC(=O)c1ccc(Cl)c(NC(=O)CNc2ccc(C(C)C)cc2)c1. The summed E-state index contributed by atoms with van der Waals surface area (Å²) in [4.78, 5) is 23.7. The van der Waals surface area contributed by atoms with Crippen LogP contribution in [-0.2, 0) is 9.53 Å². The van der Waals surface area contributed by atoms with Crippen molar-refractivity contribution in [1.29, 1.82) is 0 Å². The van der Waals surface area contributed by atoms with E-state index in [1.807, 2.05) is 24.3 Å². The van der Waals surface area contributed by atoms with Crippen molar-refractivity contribution in [3.05, 3.63) is 58.6 Å².